The lowest BCUT2D eigenvalue weighted by Crippen LogP contribution is -2.45. The molecule has 140 valence electrons. The van der Waals surface area contributed by atoms with Gasteiger partial charge in [0.1, 0.15) is 0 Å². The highest BCUT2D eigenvalue weighted by molar-refractivity contribution is 5.99. The zero-order valence-corrected chi connectivity index (χ0v) is 15.1. The van der Waals surface area contributed by atoms with Gasteiger partial charge >= 0.3 is 5.97 Å². The summed E-state index contributed by atoms with van der Waals surface area (Å²) >= 11 is 0. The van der Waals surface area contributed by atoms with E-state index < -0.39 is 16.3 Å². The predicted molar refractivity (Wildman–Crippen MR) is 92.2 cm³/mol. The topological polar surface area (TPSA) is 110 Å². The highest BCUT2D eigenvalue weighted by Crippen LogP contribution is 2.43. The number of aliphatic carboxylic acids is 1. The van der Waals surface area contributed by atoms with Gasteiger partial charge in [0.15, 0.2) is 0 Å². The van der Waals surface area contributed by atoms with Crippen molar-refractivity contribution in [2.24, 2.45) is 11.3 Å². The number of hydrogen-bond donors (Lipinski definition) is 1. The maximum Gasteiger partial charge on any atom is 0.311 e. The number of ether oxygens (including phenoxy) is 1. The third kappa shape index (κ3) is 2.65. The van der Waals surface area contributed by atoms with E-state index in [1.54, 1.807) is 26.8 Å². The second-order valence-corrected chi connectivity index (χ2v) is 7.28. The van der Waals surface area contributed by atoms with Crippen molar-refractivity contribution in [1.29, 1.82) is 0 Å². The van der Waals surface area contributed by atoms with Gasteiger partial charge in [-0.15, -0.1) is 0 Å². The van der Waals surface area contributed by atoms with E-state index in [9.17, 15) is 24.8 Å². The first-order valence-corrected chi connectivity index (χ1v) is 8.54. The first kappa shape index (κ1) is 18.3. The summed E-state index contributed by atoms with van der Waals surface area (Å²) in [6, 6.07) is 1.64. The molecule has 2 aliphatic rings. The molecule has 0 aliphatic carbocycles. The molecule has 8 nitrogen and oxygen atoms in total. The third-order valence-electron chi connectivity index (χ3n) is 5.75. The third-order valence-corrected chi connectivity index (χ3v) is 5.75. The molecule has 2 atom stereocenters. The maximum atomic E-state index is 13.2. The average Bonchev–Trinajstić information content (AvgIpc) is 2.94. The average molecular weight is 362 g/mol. The molecule has 1 N–H and O–H groups in total. The number of carboxylic acid groups (broad SMARTS) is 1. The number of aryl methyl sites for hydroxylation is 2. The second kappa shape index (κ2) is 6.35. The molecule has 0 spiro atoms. The van der Waals surface area contributed by atoms with Gasteiger partial charge in [0, 0.05) is 36.7 Å². The van der Waals surface area contributed by atoms with Gasteiger partial charge in [0.05, 0.1) is 22.5 Å². The molecule has 2 aliphatic heterocycles. The Bertz CT molecular complexity index is 805. The Kier molecular flexibility index (Phi) is 4.47. The van der Waals surface area contributed by atoms with Gasteiger partial charge in [0.25, 0.3) is 11.6 Å². The van der Waals surface area contributed by atoms with E-state index in [1.807, 2.05) is 0 Å². The summed E-state index contributed by atoms with van der Waals surface area (Å²) in [5, 5.41) is 21.1. The van der Waals surface area contributed by atoms with Crippen molar-refractivity contribution in [3.05, 3.63) is 38.4 Å². The normalized spacial score (nSPS) is 25.0. The van der Waals surface area contributed by atoms with Crippen molar-refractivity contribution >= 4 is 17.6 Å². The Labute approximate surface area is 150 Å². The van der Waals surface area contributed by atoms with Crippen LogP contribution in [0.3, 0.4) is 0 Å². The summed E-state index contributed by atoms with van der Waals surface area (Å²) < 4.78 is 5.42. The quantitative estimate of drug-likeness (QED) is 0.651. The summed E-state index contributed by atoms with van der Waals surface area (Å²) in [6.07, 6.45) is 0.364. The minimum absolute atomic E-state index is 0.0631. The summed E-state index contributed by atoms with van der Waals surface area (Å²) in [4.78, 5) is 37.5. The van der Waals surface area contributed by atoms with Crippen LogP contribution < -0.4 is 0 Å². The van der Waals surface area contributed by atoms with Crippen LogP contribution in [0.15, 0.2) is 6.07 Å². The first-order chi connectivity index (χ1) is 12.2. The lowest BCUT2D eigenvalue weighted by atomic mass is 9.74. The van der Waals surface area contributed by atoms with Crippen LogP contribution in [0.2, 0.25) is 0 Å². The van der Waals surface area contributed by atoms with Crippen LogP contribution >= 0.6 is 0 Å². The van der Waals surface area contributed by atoms with Gasteiger partial charge in [-0.2, -0.15) is 0 Å². The number of benzene rings is 1. The number of nitro groups is 1. The van der Waals surface area contributed by atoms with Crippen LogP contribution in [0.1, 0.15) is 33.5 Å². The molecular formula is C18H22N2O6. The molecule has 0 aromatic heterocycles. The van der Waals surface area contributed by atoms with E-state index in [0.29, 0.717) is 41.9 Å². The molecule has 8 heteroatoms. The molecule has 0 radical (unpaired) electrons. The molecule has 1 aromatic rings. The van der Waals surface area contributed by atoms with Gasteiger partial charge in [-0.3, -0.25) is 19.7 Å². The minimum Gasteiger partial charge on any atom is -0.481 e. The van der Waals surface area contributed by atoms with E-state index in [1.165, 1.54) is 4.90 Å². The van der Waals surface area contributed by atoms with E-state index in [0.717, 1.165) is 0 Å². The summed E-state index contributed by atoms with van der Waals surface area (Å²) in [7, 11) is 0. The van der Waals surface area contributed by atoms with Crippen molar-refractivity contribution in [2.75, 3.05) is 26.3 Å². The fourth-order valence-electron chi connectivity index (χ4n) is 4.40. The minimum atomic E-state index is -0.994. The molecular weight excluding hydrogens is 340 g/mol. The number of nitro benzene ring substituents is 1. The lowest BCUT2D eigenvalue weighted by Gasteiger charge is -2.33. The predicted octanol–water partition coefficient (Wildman–Crippen LogP) is 2.08. The van der Waals surface area contributed by atoms with Crippen molar-refractivity contribution in [1.82, 2.24) is 4.90 Å². The van der Waals surface area contributed by atoms with Gasteiger partial charge in [-0.05, 0) is 38.8 Å². The molecule has 2 fully saturated rings. The Hall–Kier alpha value is -2.48. The summed E-state index contributed by atoms with van der Waals surface area (Å²) in [5.41, 5.74) is 0.729. The van der Waals surface area contributed by atoms with E-state index in [4.69, 9.17) is 4.74 Å². The fourth-order valence-corrected chi connectivity index (χ4v) is 4.40. The van der Waals surface area contributed by atoms with Crippen molar-refractivity contribution in [3.63, 3.8) is 0 Å². The van der Waals surface area contributed by atoms with Crippen LogP contribution in [0, 0.1) is 42.2 Å². The highest BCUT2D eigenvalue weighted by Gasteiger charge is 2.55. The van der Waals surface area contributed by atoms with Crippen LogP contribution in [-0.4, -0.2) is 53.1 Å². The zero-order chi connectivity index (χ0) is 19.2. The van der Waals surface area contributed by atoms with Crippen molar-refractivity contribution in [2.45, 2.75) is 27.2 Å². The lowest BCUT2D eigenvalue weighted by molar-refractivity contribution is -0.386. The van der Waals surface area contributed by atoms with Gasteiger partial charge < -0.3 is 14.7 Å². The maximum absolute atomic E-state index is 13.2. The highest BCUT2D eigenvalue weighted by atomic mass is 16.6. The van der Waals surface area contributed by atoms with Crippen LogP contribution in [0.25, 0.3) is 0 Å². The Morgan fingerprint density at radius 1 is 1.35 bits per heavy atom. The number of nitrogens with zero attached hydrogens (tertiary/aromatic N) is 2. The van der Waals surface area contributed by atoms with Gasteiger partial charge in [0.2, 0.25) is 0 Å². The van der Waals surface area contributed by atoms with E-state index >= 15 is 0 Å². The summed E-state index contributed by atoms with van der Waals surface area (Å²) in [6.45, 7) is 6.02. The van der Waals surface area contributed by atoms with Gasteiger partial charge in [-0.25, -0.2) is 0 Å². The number of carboxylic acids is 1. The fraction of sp³-hybridized carbons (Fsp3) is 0.556. The summed E-state index contributed by atoms with van der Waals surface area (Å²) in [5.74, 6) is -1.53. The molecule has 2 heterocycles. The number of rotatable bonds is 3. The van der Waals surface area contributed by atoms with Crippen LogP contribution in [0.4, 0.5) is 5.69 Å². The van der Waals surface area contributed by atoms with Gasteiger partial charge in [-0.1, -0.05) is 0 Å². The number of amides is 1. The first-order valence-electron chi connectivity index (χ1n) is 8.54. The molecule has 3 rings (SSSR count). The standard InChI is InChI=1S/C18H22N2O6/c1-10-6-11(2)15(20(24)25)12(3)14(10)16(21)19-7-13-8-26-5-4-18(13,9-19)17(22)23/h6,13H,4-5,7-9H2,1-3H3,(H,22,23)/t13-,18+/m0/s1. The Balaban J connectivity index is 2.00. The van der Waals surface area contributed by atoms with Crippen LogP contribution in [-0.2, 0) is 9.53 Å². The molecule has 26 heavy (non-hydrogen) atoms. The second-order valence-electron chi connectivity index (χ2n) is 7.28. The van der Waals surface area contributed by atoms with Crippen LogP contribution in [0.5, 0.6) is 0 Å². The molecule has 0 saturated carbocycles. The Morgan fingerprint density at radius 3 is 2.62 bits per heavy atom. The molecule has 0 bridgehead atoms. The molecule has 1 aromatic carbocycles. The van der Waals surface area contributed by atoms with Crippen molar-refractivity contribution < 1.29 is 24.4 Å². The van der Waals surface area contributed by atoms with E-state index in [2.05, 4.69) is 0 Å². The number of carbonyl (C=O) groups is 2. The molecule has 1 amide bonds. The molecule has 0 unspecified atom stereocenters. The Morgan fingerprint density at radius 2 is 2.04 bits per heavy atom. The van der Waals surface area contributed by atoms with E-state index in [-0.39, 0.29) is 30.6 Å². The monoisotopic (exact) mass is 362 g/mol. The smallest absolute Gasteiger partial charge is 0.311 e. The number of likely N-dealkylation sites (tertiary alicyclic amines) is 1. The SMILES string of the molecule is Cc1cc(C)c([N+](=O)[O-])c(C)c1C(=O)N1C[C@H]2COCC[C@@]2(C(=O)O)C1. The van der Waals surface area contributed by atoms with Crippen molar-refractivity contribution in [3.8, 4) is 0 Å². The zero-order valence-electron chi connectivity index (χ0n) is 15.1. The number of fused-ring (bicyclic) bond motifs is 1. The number of carbonyl (C=O) groups excluding carboxylic acids is 1. The molecule has 2 saturated heterocycles. The largest absolute Gasteiger partial charge is 0.481 e. The number of hydrogen-bond acceptors (Lipinski definition) is 5.